The summed E-state index contributed by atoms with van der Waals surface area (Å²) in [7, 11) is 3.41. The number of carbonyl (C=O) groups is 2. The number of amides is 2. The van der Waals surface area contributed by atoms with E-state index in [0.29, 0.717) is 24.5 Å². The van der Waals surface area contributed by atoms with Crippen molar-refractivity contribution in [3.63, 3.8) is 0 Å². The number of pyridine rings is 1. The third kappa shape index (κ3) is 3.94. The first-order chi connectivity index (χ1) is 9.58. The van der Waals surface area contributed by atoms with Crippen LogP contribution in [0.4, 0.5) is 5.82 Å². The monoisotopic (exact) mass is 276 g/mol. The van der Waals surface area contributed by atoms with Gasteiger partial charge in [0.1, 0.15) is 5.82 Å². The summed E-state index contributed by atoms with van der Waals surface area (Å²) in [5.74, 6) is 1.01. The summed E-state index contributed by atoms with van der Waals surface area (Å²) in [4.78, 5) is 28.8. The van der Waals surface area contributed by atoms with Gasteiger partial charge in [0.25, 0.3) is 5.91 Å². The van der Waals surface area contributed by atoms with E-state index in [-0.39, 0.29) is 17.7 Å². The van der Waals surface area contributed by atoms with Crippen molar-refractivity contribution in [2.75, 3.05) is 32.5 Å². The van der Waals surface area contributed by atoms with Crippen LogP contribution in [0.1, 0.15) is 23.2 Å². The average Bonchev–Trinajstić information content (AvgIpc) is 3.27. The van der Waals surface area contributed by atoms with E-state index in [1.54, 1.807) is 32.4 Å². The summed E-state index contributed by atoms with van der Waals surface area (Å²) in [6, 6.07) is 3.50. The maximum Gasteiger partial charge on any atom is 0.254 e. The normalized spacial score (nSPS) is 13.7. The van der Waals surface area contributed by atoms with Crippen LogP contribution in [-0.2, 0) is 4.79 Å². The second-order valence-electron chi connectivity index (χ2n) is 5.12. The number of nitrogens with zero attached hydrogens (tertiary/aromatic N) is 2. The van der Waals surface area contributed by atoms with Crippen molar-refractivity contribution in [2.24, 2.45) is 5.92 Å². The summed E-state index contributed by atoms with van der Waals surface area (Å²) in [5.41, 5.74) is 0.558. The van der Waals surface area contributed by atoms with Gasteiger partial charge in [-0.15, -0.1) is 0 Å². The van der Waals surface area contributed by atoms with E-state index in [4.69, 9.17) is 0 Å². The van der Waals surface area contributed by atoms with Gasteiger partial charge in [0.05, 0.1) is 5.56 Å². The molecule has 0 aliphatic heterocycles. The van der Waals surface area contributed by atoms with Gasteiger partial charge in [-0.3, -0.25) is 9.59 Å². The zero-order valence-corrected chi connectivity index (χ0v) is 11.8. The lowest BCUT2D eigenvalue weighted by atomic mass is 10.2. The highest BCUT2D eigenvalue weighted by Crippen LogP contribution is 2.28. The van der Waals surface area contributed by atoms with Gasteiger partial charge in [-0.1, -0.05) is 0 Å². The first-order valence-electron chi connectivity index (χ1n) is 6.77. The molecule has 0 aromatic carbocycles. The SMILES string of the molecule is CN(C)C(=O)c1ccc(NCCNC(=O)C2CC2)nc1. The van der Waals surface area contributed by atoms with Crippen LogP contribution in [0.2, 0.25) is 0 Å². The molecule has 1 heterocycles. The van der Waals surface area contributed by atoms with E-state index in [1.807, 2.05) is 0 Å². The van der Waals surface area contributed by atoms with Crippen LogP contribution < -0.4 is 10.6 Å². The molecule has 0 spiro atoms. The Morgan fingerprint density at radius 1 is 1.30 bits per heavy atom. The Balaban J connectivity index is 1.73. The van der Waals surface area contributed by atoms with Gasteiger partial charge in [-0.25, -0.2) is 4.98 Å². The molecule has 1 aromatic rings. The molecule has 6 heteroatoms. The molecule has 1 fully saturated rings. The molecule has 2 N–H and O–H groups in total. The Morgan fingerprint density at radius 3 is 2.60 bits per heavy atom. The summed E-state index contributed by atoms with van der Waals surface area (Å²) in [6.45, 7) is 1.20. The molecule has 0 radical (unpaired) electrons. The van der Waals surface area contributed by atoms with Crippen LogP contribution in [0.25, 0.3) is 0 Å². The van der Waals surface area contributed by atoms with Gasteiger partial charge >= 0.3 is 0 Å². The van der Waals surface area contributed by atoms with Gasteiger partial charge < -0.3 is 15.5 Å². The minimum atomic E-state index is -0.0688. The number of hydrogen-bond donors (Lipinski definition) is 2. The Morgan fingerprint density at radius 2 is 2.05 bits per heavy atom. The summed E-state index contributed by atoms with van der Waals surface area (Å²) in [6.07, 6.45) is 3.58. The topological polar surface area (TPSA) is 74.3 Å². The Hall–Kier alpha value is -2.11. The van der Waals surface area contributed by atoms with Crippen molar-refractivity contribution in [2.45, 2.75) is 12.8 Å². The number of rotatable bonds is 6. The number of anilines is 1. The maximum atomic E-state index is 11.7. The second-order valence-corrected chi connectivity index (χ2v) is 5.12. The fraction of sp³-hybridized carbons (Fsp3) is 0.500. The number of carbonyl (C=O) groups excluding carboxylic acids is 2. The van der Waals surface area contributed by atoms with Crippen molar-refractivity contribution >= 4 is 17.6 Å². The first kappa shape index (κ1) is 14.3. The molecule has 108 valence electrons. The molecule has 2 rings (SSSR count). The number of nitrogens with one attached hydrogen (secondary N) is 2. The molecule has 1 aliphatic rings. The largest absolute Gasteiger partial charge is 0.368 e. The van der Waals surface area contributed by atoms with Gasteiger partial charge in [-0.2, -0.15) is 0 Å². The van der Waals surface area contributed by atoms with E-state index < -0.39 is 0 Å². The molecular formula is C14H20N4O2. The lowest BCUT2D eigenvalue weighted by molar-refractivity contribution is -0.122. The zero-order chi connectivity index (χ0) is 14.5. The summed E-state index contributed by atoms with van der Waals surface area (Å²) in [5, 5.41) is 5.97. The maximum absolute atomic E-state index is 11.7. The Bertz CT molecular complexity index is 480. The van der Waals surface area contributed by atoms with Crippen molar-refractivity contribution in [1.29, 1.82) is 0 Å². The molecule has 0 saturated heterocycles. The van der Waals surface area contributed by atoms with Gasteiger partial charge in [-0.05, 0) is 25.0 Å². The Labute approximate surface area is 118 Å². The molecule has 6 nitrogen and oxygen atoms in total. The molecule has 1 aliphatic carbocycles. The van der Waals surface area contributed by atoms with Crippen LogP contribution in [-0.4, -0.2) is 48.9 Å². The van der Waals surface area contributed by atoms with Crippen LogP contribution in [0.3, 0.4) is 0 Å². The smallest absolute Gasteiger partial charge is 0.254 e. The average molecular weight is 276 g/mol. The molecule has 1 aromatic heterocycles. The van der Waals surface area contributed by atoms with E-state index in [0.717, 1.165) is 12.8 Å². The van der Waals surface area contributed by atoms with Gasteiger partial charge in [0, 0.05) is 39.3 Å². The number of aromatic nitrogens is 1. The Kier molecular flexibility index (Phi) is 4.55. The van der Waals surface area contributed by atoms with Gasteiger partial charge in [0.15, 0.2) is 0 Å². The molecule has 0 bridgehead atoms. The quantitative estimate of drug-likeness (QED) is 0.751. The molecule has 0 unspecified atom stereocenters. The van der Waals surface area contributed by atoms with Crippen LogP contribution in [0.5, 0.6) is 0 Å². The van der Waals surface area contributed by atoms with Crippen molar-refractivity contribution in [1.82, 2.24) is 15.2 Å². The van der Waals surface area contributed by atoms with E-state index in [2.05, 4.69) is 15.6 Å². The highest BCUT2D eigenvalue weighted by molar-refractivity contribution is 5.93. The van der Waals surface area contributed by atoms with Crippen LogP contribution in [0, 0.1) is 5.92 Å². The van der Waals surface area contributed by atoms with Crippen molar-refractivity contribution in [3.05, 3.63) is 23.9 Å². The molecule has 20 heavy (non-hydrogen) atoms. The highest BCUT2D eigenvalue weighted by Gasteiger charge is 2.28. The zero-order valence-electron chi connectivity index (χ0n) is 11.8. The first-order valence-corrected chi connectivity index (χ1v) is 6.77. The predicted octanol–water partition coefficient (Wildman–Crippen LogP) is 0.721. The third-order valence-electron chi connectivity index (χ3n) is 3.10. The van der Waals surface area contributed by atoms with Crippen molar-refractivity contribution in [3.8, 4) is 0 Å². The molecular weight excluding hydrogens is 256 g/mol. The summed E-state index contributed by atoms with van der Waals surface area (Å²) < 4.78 is 0. The third-order valence-corrected chi connectivity index (χ3v) is 3.10. The second kappa shape index (κ2) is 6.36. The lowest BCUT2D eigenvalue weighted by Crippen LogP contribution is -2.30. The predicted molar refractivity (Wildman–Crippen MR) is 76.5 cm³/mol. The van der Waals surface area contributed by atoms with Crippen molar-refractivity contribution < 1.29 is 9.59 Å². The van der Waals surface area contributed by atoms with Crippen LogP contribution in [0.15, 0.2) is 18.3 Å². The van der Waals surface area contributed by atoms with E-state index in [1.165, 1.54) is 4.90 Å². The highest BCUT2D eigenvalue weighted by atomic mass is 16.2. The standard InChI is InChI=1S/C14H20N4O2/c1-18(2)14(20)11-5-6-12(17-9-11)15-7-8-16-13(19)10-3-4-10/h5-6,9-10H,3-4,7-8H2,1-2H3,(H,15,17)(H,16,19). The molecule has 0 atom stereocenters. The lowest BCUT2D eigenvalue weighted by Gasteiger charge is -2.11. The number of hydrogen-bond acceptors (Lipinski definition) is 4. The fourth-order valence-corrected chi connectivity index (χ4v) is 1.75. The minimum absolute atomic E-state index is 0.0688. The van der Waals surface area contributed by atoms with Crippen LogP contribution >= 0.6 is 0 Å². The van der Waals surface area contributed by atoms with E-state index in [9.17, 15) is 9.59 Å². The fourth-order valence-electron chi connectivity index (χ4n) is 1.75. The van der Waals surface area contributed by atoms with E-state index >= 15 is 0 Å². The molecule has 1 saturated carbocycles. The molecule has 2 amide bonds. The van der Waals surface area contributed by atoms with Gasteiger partial charge in [0.2, 0.25) is 5.91 Å². The summed E-state index contributed by atoms with van der Waals surface area (Å²) >= 11 is 0. The minimum Gasteiger partial charge on any atom is -0.368 e.